The van der Waals surface area contributed by atoms with Gasteiger partial charge in [0, 0.05) is 0 Å². The Morgan fingerprint density at radius 3 is 2.37 bits per heavy atom. The summed E-state index contributed by atoms with van der Waals surface area (Å²) < 4.78 is 11.6. The highest BCUT2D eigenvalue weighted by Gasteiger charge is 2.36. The lowest BCUT2D eigenvalue weighted by Crippen LogP contribution is -2.38. The molecule has 0 aromatic heterocycles. The van der Waals surface area contributed by atoms with Crippen LogP contribution in [0, 0.1) is 10.8 Å². The maximum Gasteiger partial charge on any atom is 0.155 e. The molecular weight excluding hydrogens is 240 g/mol. The molecule has 3 heteroatoms. The van der Waals surface area contributed by atoms with Gasteiger partial charge in [0.2, 0.25) is 0 Å². The molecule has 0 radical (unpaired) electrons. The second-order valence-electron chi connectivity index (χ2n) is 7.70. The fraction of sp³-hybridized carbons (Fsp3) is 0.938. The zero-order chi connectivity index (χ0) is 14.7. The summed E-state index contributed by atoms with van der Waals surface area (Å²) in [5.41, 5.74) is 0.558. The number of ketones is 1. The van der Waals surface area contributed by atoms with E-state index in [2.05, 4.69) is 34.6 Å². The van der Waals surface area contributed by atoms with E-state index < -0.39 is 0 Å². The molecule has 0 bridgehead atoms. The first kappa shape index (κ1) is 16.6. The Morgan fingerprint density at radius 1 is 1.21 bits per heavy atom. The summed E-state index contributed by atoms with van der Waals surface area (Å²) in [5.74, 6) is 0.0688. The quantitative estimate of drug-likeness (QED) is 0.783. The van der Waals surface area contributed by atoms with Gasteiger partial charge in [0.15, 0.2) is 5.78 Å². The van der Waals surface area contributed by atoms with Crippen LogP contribution in [0.2, 0.25) is 0 Å². The monoisotopic (exact) mass is 270 g/mol. The number of ether oxygens (including phenoxy) is 2. The predicted octanol–water partition coefficient (Wildman–Crippen LogP) is 3.60. The second-order valence-corrected chi connectivity index (χ2v) is 7.70. The molecular formula is C16H30O3. The van der Waals surface area contributed by atoms with E-state index in [0.717, 1.165) is 12.8 Å². The molecule has 3 nitrogen and oxygen atoms in total. The standard InChI is InChI=1S/C16H30O3/c1-12(17)9-18-10-14-8-16(5,6)11-15(3,4)7-13(2)19-14/h13-14H,7-11H2,1-6H3. The average molecular weight is 270 g/mol. The Balaban J connectivity index is 2.60. The van der Waals surface area contributed by atoms with E-state index in [-0.39, 0.29) is 30.0 Å². The third kappa shape index (κ3) is 6.53. The number of carbonyl (C=O) groups is 1. The van der Waals surface area contributed by atoms with Gasteiger partial charge in [0.25, 0.3) is 0 Å². The Morgan fingerprint density at radius 2 is 1.79 bits per heavy atom. The van der Waals surface area contributed by atoms with Crippen molar-refractivity contribution in [2.24, 2.45) is 10.8 Å². The highest BCUT2D eigenvalue weighted by Crippen LogP contribution is 2.42. The van der Waals surface area contributed by atoms with Crippen LogP contribution in [0.25, 0.3) is 0 Å². The maximum absolute atomic E-state index is 10.9. The van der Waals surface area contributed by atoms with Gasteiger partial charge >= 0.3 is 0 Å². The van der Waals surface area contributed by atoms with E-state index in [1.54, 1.807) is 6.92 Å². The fourth-order valence-corrected chi connectivity index (χ4v) is 3.69. The SMILES string of the molecule is CC(=O)COCC1CC(C)(C)CC(C)(C)CC(C)O1. The molecule has 1 aliphatic heterocycles. The Kier molecular flexibility index (Phi) is 5.57. The van der Waals surface area contributed by atoms with Crippen molar-refractivity contribution in [1.82, 2.24) is 0 Å². The zero-order valence-corrected chi connectivity index (χ0v) is 13.4. The van der Waals surface area contributed by atoms with Crippen LogP contribution in [-0.2, 0) is 14.3 Å². The van der Waals surface area contributed by atoms with E-state index >= 15 is 0 Å². The van der Waals surface area contributed by atoms with Crippen molar-refractivity contribution >= 4 is 5.78 Å². The molecule has 0 aromatic rings. The van der Waals surface area contributed by atoms with Gasteiger partial charge in [0.1, 0.15) is 6.61 Å². The van der Waals surface area contributed by atoms with Crippen molar-refractivity contribution in [3.63, 3.8) is 0 Å². The van der Waals surface area contributed by atoms with Crippen LogP contribution in [0.1, 0.15) is 60.8 Å². The summed E-state index contributed by atoms with van der Waals surface area (Å²) in [5, 5.41) is 0. The average Bonchev–Trinajstić information content (AvgIpc) is 2.10. The van der Waals surface area contributed by atoms with E-state index in [9.17, 15) is 4.79 Å². The van der Waals surface area contributed by atoms with Crippen molar-refractivity contribution in [3.8, 4) is 0 Å². The summed E-state index contributed by atoms with van der Waals surface area (Å²) in [6.07, 6.45) is 3.59. The third-order valence-corrected chi connectivity index (χ3v) is 3.61. The number of carbonyl (C=O) groups excluding carboxylic acids is 1. The van der Waals surface area contributed by atoms with Gasteiger partial charge in [-0.2, -0.15) is 0 Å². The van der Waals surface area contributed by atoms with E-state index in [4.69, 9.17) is 9.47 Å². The number of hydrogen-bond acceptors (Lipinski definition) is 3. The lowest BCUT2D eigenvalue weighted by molar-refractivity contribution is -0.127. The number of Topliss-reactive ketones (excluding diaryl/α,β-unsaturated/α-hetero) is 1. The fourth-order valence-electron chi connectivity index (χ4n) is 3.69. The lowest BCUT2D eigenvalue weighted by Gasteiger charge is -2.42. The molecule has 0 N–H and O–H groups in total. The van der Waals surface area contributed by atoms with Crippen molar-refractivity contribution in [1.29, 1.82) is 0 Å². The number of rotatable bonds is 4. The van der Waals surface area contributed by atoms with Crippen LogP contribution in [0.4, 0.5) is 0 Å². The lowest BCUT2D eigenvalue weighted by atomic mass is 9.69. The molecule has 0 spiro atoms. The molecule has 2 atom stereocenters. The maximum atomic E-state index is 10.9. The predicted molar refractivity (Wildman–Crippen MR) is 77.2 cm³/mol. The van der Waals surface area contributed by atoms with Crippen LogP contribution in [0.3, 0.4) is 0 Å². The summed E-state index contributed by atoms with van der Waals surface area (Å²) in [4.78, 5) is 10.9. The van der Waals surface area contributed by atoms with Crippen molar-refractivity contribution in [2.75, 3.05) is 13.2 Å². The summed E-state index contributed by atoms with van der Waals surface area (Å²) in [6, 6.07) is 0. The molecule has 0 aliphatic carbocycles. The molecule has 0 aromatic carbocycles. The molecule has 112 valence electrons. The van der Waals surface area contributed by atoms with Gasteiger partial charge in [-0.05, 0) is 43.9 Å². The normalized spacial score (nSPS) is 30.4. The van der Waals surface area contributed by atoms with Gasteiger partial charge in [-0.25, -0.2) is 0 Å². The smallest absolute Gasteiger partial charge is 0.155 e. The highest BCUT2D eigenvalue weighted by molar-refractivity contribution is 5.76. The molecule has 1 aliphatic rings. The minimum absolute atomic E-state index is 0.0688. The van der Waals surface area contributed by atoms with Gasteiger partial charge in [-0.1, -0.05) is 27.7 Å². The van der Waals surface area contributed by atoms with Crippen LogP contribution in [0.5, 0.6) is 0 Å². The van der Waals surface area contributed by atoms with Crippen LogP contribution in [-0.4, -0.2) is 31.2 Å². The minimum atomic E-state index is 0.0688. The molecule has 1 saturated heterocycles. The highest BCUT2D eigenvalue weighted by atomic mass is 16.5. The summed E-state index contributed by atoms with van der Waals surface area (Å²) in [7, 11) is 0. The molecule has 1 rings (SSSR count). The molecule has 0 saturated carbocycles. The van der Waals surface area contributed by atoms with E-state index in [0.29, 0.717) is 12.0 Å². The second kappa shape index (κ2) is 6.36. The largest absolute Gasteiger partial charge is 0.373 e. The number of hydrogen-bond donors (Lipinski definition) is 0. The van der Waals surface area contributed by atoms with Crippen molar-refractivity contribution in [3.05, 3.63) is 0 Å². The van der Waals surface area contributed by atoms with Crippen LogP contribution < -0.4 is 0 Å². The first-order chi connectivity index (χ1) is 8.60. The Hall–Kier alpha value is -0.410. The molecule has 1 fully saturated rings. The topological polar surface area (TPSA) is 35.5 Å². The van der Waals surface area contributed by atoms with Gasteiger partial charge < -0.3 is 9.47 Å². The summed E-state index contributed by atoms with van der Waals surface area (Å²) in [6.45, 7) is 13.6. The minimum Gasteiger partial charge on any atom is -0.373 e. The van der Waals surface area contributed by atoms with Gasteiger partial charge in [-0.3, -0.25) is 4.79 Å². The Bertz CT molecular complexity index is 307. The van der Waals surface area contributed by atoms with Crippen LogP contribution in [0.15, 0.2) is 0 Å². The van der Waals surface area contributed by atoms with E-state index in [1.807, 2.05) is 0 Å². The van der Waals surface area contributed by atoms with E-state index in [1.165, 1.54) is 6.42 Å². The van der Waals surface area contributed by atoms with Crippen molar-refractivity contribution in [2.45, 2.75) is 73.0 Å². The molecule has 1 heterocycles. The van der Waals surface area contributed by atoms with Gasteiger partial charge in [-0.15, -0.1) is 0 Å². The Labute approximate surface area is 118 Å². The molecule has 19 heavy (non-hydrogen) atoms. The third-order valence-electron chi connectivity index (χ3n) is 3.61. The summed E-state index contributed by atoms with van der Waals surface area (Å²) >= 11 is 0. The molecule has 2 unspecified atom stereocenters. The van der Waals surface area contributed by atoms with Crippen LogP contribution >= 0.6 is 0 Å². The zero-order valence-electron chi connectivity index (χ0n) is 13.4. The van der Waals surface area contributed by atoms with Gasteiger partial charge in [0.05, 0.1) is 18.8 Å². The first-order valence-corrected chi connectivity index (χ1v) is 7.32. The van der Waals surface area contributed by atoms with Crippen molar-refractivity contribution < 1.29 is 14.3 Å². The first-order valence-electron chi connectivity index (χ1n) is 7.32. The molecule has 0 amide bonds.